The Hall–Kier alpha value is -2.96. The number of H-pyrrole nitrogens is 2. The molecule has 0 spiro atoms. The van der Waals surface area contributed by atoms with Gasteiger partial charge in [-0.25, -0.2) is 4.39 Å². The molecular formula is C21H22FN5O. The van der Waals surface area contributed by atoms with Gasteiger partial charge in [-0.15, -0.1) is 0 Å². The molecule has 6 nitrogen and oxygen atoms in total. The molecule has 0 unspecified atom stereocenters. The fourth-order valence-electron chi connectivity index (χ4n) is 4.51. The van der Waals surface area contributed by atoms with E-state index in [2.05, 4.69) is 20.4 Å². The lowest BCUT2D eigenvalue weighted by molar-refractivity contribution is 0.0699. The average molecular weight is 379 g/mol. The molecule has 1 atom stereocenters. The Morgan fingerprint density at radius 2 is 2.00 bits per heavy atom. The molecule has 144 valence electrons. The van der Waals surface area contributed by atoms with Gasteiger partial charge in [0.2, 0.25) is 0 Å². The van der Waals surface area contributed by atoms with Gasteiger partial charge >= 0.3 is 0 Å². The molecule has 0 radical (unpaired) electrons. The molecule has 2 N–H and O–H groups in total. The molecule has 2 aliphatic rings. The molecule has 28 heavy (non-hydrogen) atoms. The first-order chi connectivity index (χ1) is 13.7. The Kier molecular flexibility index (Phi) is 4.22. The van der Waals surface area contributed by atoms with Crippen LogP contribution in [0.2, 0.25) is 0 Å². The first kappa shape index (κ1) is 17.2. The number of fused-ring (bicyclic) bond motifs is 1. The van der Waals surface area contributed by atoms with Gasteiger partial charge in [-0.2, -0.15) is 10.2 Å². The minimum absolute atomic E-state index is 0.0203. The maximum atomic E-state index is 13.3. The van der Waals surface area contributed by atoms with Crippen LogP contribution in [0.25, 0.3) is 11.1 Å². The molecule has 7 heteroatoms. The topological polar surface area (TPSA) is 77.7 Å². The van der Waals surface area contributed by atoms with Crippen molar-refractivity contribution < 1.29 is 9.18 Å². The summed E-state index contributed by atoms with van der Waals surface area (Å²) in [6.07, 6.45) is 6.70. The molecule has 1 aliphatic heterocycles. The summed E-state index contributed by atoms with van der Waals surface area (Å²) in [5.74, 6) is -0.0611. The van der Waals surface area contributed by atoms with Crippen LogP contribution in [0.4, 0.5) is 4.39 Å². The van der Waals surface area contributed by atoms with Crippen LogP contribution in [-0.2, 0) is 12.8 Å². The highest BCUT2D eigenvalue weighted by atomic mass is 19.1. The Morgan fingerprint density at radius 3 is 2.86 bits per heavy atom. The summed E-state index contributed by atoms with van der Waals surface area (Å²) in [5.41, 5.74) is 5.72. The Morgan fingerprint density at radius 1 is 1.14 bits per heavy atom. The first-order valence-corrected chi connectivity index (χ1v) is 9.85. The highest BCUT2D eigenvalue weighted by Gasteiger charge is 2.31. The van der Waals surface area contributed by atoms with Crippen molar-refractivity contribution in [2.45, 2.75) is 38.0 Å². The molecule has 1 aromatic carbocycles. The molecule has 1 amide bonds. The molecule has 1 aliphatic carbocycles. The summed E-state index contributed by atoms with van der Waals surface area (Å²) in [7, 11) is 0. The summed E-state index contributed by atoms with van der Waals surface area (Å²) in [5, 5.41) is 14.7. The van der Waals surface area contributed by atoms with Crippen molar-refractivity contribution in [3.8, 4) is 11.1 Å². The van der Waals surface area contributed by atoms with Crippen molar-refractivity contribution in [1.29, 1.82) is 0 Å². The third-order valence-electron chi connectivity index (χ3n) is 5.95. The zero-order chi connectivity index (χ0) is 19.1. The number of piperidine rings is 1. The lowest BCUT2D eigenvalue weighted by atomic mass is 9.90. The minimum Gasteiger partial charge on any atom is -0.337 e. The van der Waals surface area contributed by atoms with E-state index in [1.165, 1.54) is 12.1 Å². The summed E-state index contributed by atoms with van der Waals surface area (Å²) < 4.78 is 13.3. The predicted molar refractivity (Wildman–Crippen MR) is 102 cm³/mol. The number of carbonyl (C=O) groups excluding carboxylic acids is 1. The van der Waals surface area contributed by atoms with E-state index in [1.54, 1.807) is 18.3 Å². The van der Waals surface area contributed by atoms with Gasteiger partial charge in [0.05, 0.1) is 6.20 Å². The second kappa shape index (κ2) is 6.89. The van der Waals surface area contributed by atoms with Crippen molar-refractivity contribution in [3.63, 3.8) is 0 Å². The van der Waals surface area contributed by atoms with Gasteiger partial charge in [-0.05, 0) is 49.8 Å². The van der Waals surface area contributed by atoms with Crippen molar-refractivity contribution in [3.05, 3.63) is 58.9 Å². The predicted octanol–water partition coefficient (Wildman–Crippen LogP) is 3.45. The number of carbonyl (C=O) groups is 1. The normalized spacial score (nSPS) is 19.0. The van der Waals surface area contributed by atoms with Gasteiger partial charge in [0.25, 0.3) is 5.91 Å². The van der Waals surface area contributed by atoms with Gasteiger partial charge in [0.1, 0.15) is 5.82 Å². The number of benzene rings is 1. The number of amides is 1. The molecule has 2 aromatic heterocycles. The van der Waals surface area contributed by atoms with Crippen LogP contribution in [-0.4, -0.2) is 44.3 Å². The number of halogens is 1. The van der Waals surface area contributed by atoms with Gasteiger partial charge < -0.3 is 4.90 Å². The smallest absolute Gasteiger partial charge is 0.274 e. The lowest BCUT2D eigenvalue weighted by Gasteiger charge is -2.32. The van der Waals surface area contributed by atoms with Crippen LogP contribution in [0.3, 0.4) is 0 Å². The van der Waals surface area contributed by atoms with E-state index in [4.69, 9.17) is 0 Å². The number of rotatable bonds is 3. The molecule has 3 heterocycles. The quantitative estimate of drug-likeness (QED) is 0.732. The number of aryl methyl sites for hydroxylation is 1. The summed E-state index contributed by atoms with van der Waals surface area (Å²) >= 11 is 0. The van der Waals surface area contributed by atoms with Crippen molar-refractivity contribution >= 4 is 5.91 Å². The van der Waals surface area contributed by atoms with Gasteiger partial charge in [-0.3, -0.25) is 15.0 Å². The highest BCUT2D eigenvalue weighted by Crippen LogP contribution is 2.34. The average Bonchev–Trinajstić information content (AvgIpc) is 3.45. The van der Waals surface area contributed by atoms with E-state index in [-0.39, 0.29) is 17.6 Å². The van der Waals surface area contributed by atoms with Crippen LogP contribution in [0.1, 0.15) is 52.6 Å². The maximum Gasteiger partial charge on any atom is 0.274 e. The molecule has 0 saturated carbocycles. The van der Waals surface area contributed by atoms with Crippen LogP contribution < -0.4 is 0 Å². The molecule has 5 rings (SSSR count). The van der Waals surface area contributed by atoms with E-state index >= 15 is 0 Å². The molecule has 1 fully saturated rings. The molecule has 0 bridgehead atoms. The zero-order valence-electron chi connectivity index (χ0n) is 15.5. The van der Waals surface area contributed by atoms with E-state index in [9.17, 15) is 9.18 Å². The molecular weight excluding hydrogens is 357 g/mol. The van der Waals surface area contributed by atoms with Crippen LogP contribution in [0.15, 0.2) is 30.5 Å². The summed E-state index contributed by atoms with van der Waals surface area (Å²) in [6.45, 7) is 1.38. The van der Waals surface area contributed by atoms with E-state index in [0.717, 1.165) is 66.7 Å². The fraction of sp³-hybridized carbons (Fsp3) is 0.381. The Labute approximate surface area is 162 Å². The molecule has 3 aromatic rings. The Balaban J connectivity index is 1.39. The van der Waals surface area contributed by atoms with Gasteiger partial charge in [0.15, 0.2) is 5.69 Å². The second-order valence-corrected chi connectivity index (χ2v) is 7.68. The maximum absolute atomic E-state index is 13.3. The highest BCUT2D eigenvalue weighted by molar-refractivity contribution is 5.94. The lowest BCUT2D eigenvalue weighted by Crippen LogP contribution is -2.39. The van der Waals surface area contributed by atoms with Gasteiger partial charge in [0, 0.05) is 41.5 Å². The second-order valence-electron chi connectivity index (χ2n) is 7.68. The van der Waals surface area contributed by atoms with Crippen molar-refractivity contribution in [2.24, 2.45) is 0 Å². The third-order valence-corrected chi connectivity index (χ3v) is 5.95. The summed E-state index contributed by atoms with van der Waals surface area (Å²) in [4.78, 5) is 15.0. The third kappa shape index (κ3) is 2.91. The SMILES string of the molecule is O=C(c1n[nH]c2c1CCC2)N1CCC[C@@H](c2[nH]ncc2-c2ccc(F)cc2)C1. The number of nitrogens with zero attached hydrogens (tertiary/aromatic N) is 3. The monoisotopic (exact) mass is 379 g/mol. The van der Waals surface area contributed by atoms with Crippen molar-refractivity contribution in [1.82, 2.24) is 25.3 Å². The van der Waals surface area contributed by atoms with Crippen LogP contribution >= 0.6 is 0 Å². The van der Waals surface area contributed by atoms with E-state index in [0.29, 0.717) is 12.2 Å². The standard InChI is InChI=1S/C21H22FN5O/c22-15-8-6-13(7-9-15)17-11-23-25-19(17)14-3-2-10-27(12-14)21(28)20-16-4-1-5-18(16)24-26-20/h6-9,11,14H,1-5,10,12H2,(H,23,25)(H,24,26)/t14-/m1/s1. The fourth-order valence-corrected chi connectivity index (χ4v) is 4.51. The van der Waals surface area contributed by atoms with E-state index < -0.39 is 0 Å². The Bertz CT molecular complexity index is 1010. The summed E-state index contributed by atoms with van der Waals surface area (Å²) in [6, 6.07) is 6.45. The van der Waals surface area contributed by atoms with Crippen LogP contribution in [0.5, 0.6) is 0 Å². The van der Waals surface area contributed by atoms with E-state index in [1.807, 2.05) is 4.90 Å². The van der Waals surface area contributed by atoms with Crippen molar-refractivity contribution in [2.75, 3.05) is 13.1 Å². The number of likely N-dealkylation sites (tertiary alicyclic amines) is 1. The number of hydrogen-bond acceptors (Lipinski definition) is 3. The number of hydrogen-bond donors (Lipinski definition) is 2. The van der Waals surface area contributed by atoms with Crippen LogP contribution in [0, 0.1) is 5.82 Å². The first-order valence-electron chi connectivity index (χ1n) is 9.85. The number of aromatic nitrogens is 4. The number of nitrogens with one attached hydrogen (secondary N) is 2. The number of aromatic amines is 2. The largest absolute Gasteiger partial charge is 0.337 e. The molecule has 1 saturated heterocycles. The minimum atomic E-state index is -0.255. The van der Waals surface area contributed by atoms with Gasteiger partial charge in [-0.1, -0.05) is 12.1 Å². The zero-order valence-corrected chi connectivity index (χ0v) is 15.5.